The predicted molar refractivity (Wildman–Crippen MR) is 50.3 cm³/mol. The molecule has 72 valence electrons. The molecular weight excluding hydrogens is 188 g/mol. The van der Waals surface area contributed by atoms with Gasteiger partial charge in [0.1, 0.15) is 0 Å². The van der Waals surface area contributed by atoms with Crippen LogP contribution in [0.3, 0.4) is 0 Å². The maximum absolute atomic E-state index is 11.0. The van der Waals surface area contributed by atoms with Gasteiger partial charge in [-0.2, -0.15) is 0 Å². The highest BCUT2D eigenvalue weighted by molar-refractivity contribution is 7.05. The second kappa shape index (κ2) is 3.85. The van der Waals surface area contributed by atoms with Crippen LogP contribution in [-0.2, 0) is 15.1 Å². The van der Waals surface area contributed by atoms with Crippen LogP contribution in [0.25, 0.3) is 0 Å². The number of rotatable bonds is 3. The molecule has 2 N–H and O–H groups in total. The molecule has 1 heterocycles. The number of hydrogen-bond acceptors (Lipinski definition) is 5. The molecule has 0 saturated carbocycles. The number of nitrogens with two attached hydrogens (primary N) is 1. The van der Waals surface area contributed by atoms with Crippen LogP contribution >= 0.6 is 11.5 Å². The number of carbonyl (C=O) groups is 1. The quantitative estimate of drug-likeness (QED) is 0.735. The molecule has 0 saturated heterocycles. The Morgan fingerprint density at radius 3 is 3.00 bits per heavy atom. The summed E-state index contributed by atoms with van der Waals surface area (Å²) in [6, 6.07) is 1.81. The molecule has 0 aliphatic carbocycles. The van der Waals surface area contributed by atoms with E-state index in [1.54, 1.807) is 13.1 Å². The van der Waals surface area contributed by atoms with Gasteiger partial charge in [-0.15, -0.1) is 0 Å². The number of hydrogen-bond donors (Lipinski definition) is 1. The van der Waals surface area contributed by atoms with E-state index < -0.39 is 5.54 Å². The standard InChI is InChI=1S/C8H12N2O2S/c1-8(9,5-7(11)12-2)6-3-4-10-13-6/h3-4H,5,9H2,1-2H3. The highest BCUT2D eigenvalue weighted by Crippen LogP contribution is 2.24. The smallest absolute Gasteiger partial charge is 0.307 e. The molecule has 4 nitrogen and oxygen atoms in total. The van der Waals surface area contributed by atoms with Crippen molar-refractivity contribution in [1.82, 2.24) is 4.37 Å². The summed E-state index contributed by atoms with van der Waals surface area (Å²) in [6.07, 6.45) is 1.84. The summed E-state index contributed by atoms with van der Waals surface area (Å²) in [4.78, 5) is 11.9. The Labute approximate surface area is 80.9 Å². The zero-order chi connectivity index (χ0) is 9.90. The van der Waals surface area contributed by atoms with Crippen molar-refractivity contribution < 1.29 is 9.53 Å². The monoisotopic (exact) mass is 200 g/mol. The Balaban J connectivity index is 2.72. The summed E-state index contributed by atoms with van der Waals surface area (Å²) < 4.78 is 8.48. The van der Waals surface area contributed by atoms with Crippen LogP contribution < -0.4 is 5.73 Å². The van der Waals surface area contributed by atoms with Crippen molar-refractivity contribution in [1.29, 1.82) is 0 Å². The van der Waals surface area contributed by atoms with Crippen LogP contribution in [0.15, 0.2) is 12.3 Å². The van der Waals surface area contributed by atoms with E-state index in [0.29, 0.717) is 0 Å². The molecule has 1 aromatic heterocycles. The molecule has 1 rings (SSSR count). The maximum Gasteiger partial charge on any atom is 0.307 e. The van der Waals surface area contributed by atoms with Gasteiger partial charge in [0.2, 0.25) is 0 Å². The van der Waals surface area contributed by atoms with E-state index in [9.17, 15) is 4.79 Å². The first-order valence-corrected chi connectivity index (χ1v) is 4.60. The van der Waals surface area contributed by atoms with Crippen molar-refractivity contribution >= 4 is 17.5 Å². The first kappa shape index (κ1) is 10.1. The molecule has 0 bridgehead atoms. The van der Waals surface area contributed by atoms with Gasteiger partial charge in [0.05, 0.1) is 19.1 Å². The molecule has 0 aromatic carbocycles. The van der Waals surface area contributed by atoms with E-state index in [0.717, 1.165) is 4.88 Å². The van der Waals surface area contributed by atoms with Gasteiger partial charge in [0.15, 0.2) is 0 Å². The van der Waals surface area contributed by atoms with Crippen molar-refractivity contribution in [3.05, 3.63) is 17.1 Å². The Morgan fingerprint density at radius 1 is 1.85 bits per heavy atom. The van der Waals surface area contributed by atoms with Gasteiger partial charge >= 0.3 is 5.97 Å². The van der Waals surface area contributed by atoms with E-state index in [1.807, 2.05) is 6.07 Å². The van der Waals surface area contributed by atoms with Gasteiger partial charge in [-0.3, -0.25) is 4.79 Å². The van der Waals surface area contributed by atoms with Crippen molar-refractivity contribution in [2.24, 2.45) is 5.73 Å². The van der Waals surface area contributed by atoms with Gasteiger partial charge in [0, 0.05) is 11.1 Å². The Morgan fingerprint density at radius 2 is 2.54 bits per heavy atom. The van der Waals surface area contributed by atoms with E-state index in [-0.39, 0.29) is 12.4 Å². The number of methoxy groups -OCH3 is 1. The lowest BCUT2D eigenvalue weighted by Crippen LogP contribution is -2.35. The van der Waals surface area contributed by atoms with Gasteiger partial charge in [-0.1, -0.05) is 0 Å². The molecule has 5 heteroatoms. The SMILES string of the molecule is COC(=O)CC(C)(N)c1ccns1. The van der Waals surface area contributed by atoms with Crippen LogP contribution in [0.1, 0.15) is 18.2 Å². The molecule has 0 amide bonds. The maximum atomic E-state index is 11.0. The fourth-order valence-corrected chi connectivity index (χ4v) is 1.61. The third-order valence-corrected chi connectivity index (χ3v) is 2.77. The van der Waals surface area contributed by atoms with Crippen LogP contribution in [0.4, 0.5) is 0 Å². The van der Waals surface area contributed by atoms with Crippen molar-refractivity contribution in [2.75, 3.05) is 7.11 Å². The van der Waals surface area contributed by atoms with E-state index in [2.05, 4.69) is 9.11 Å². The summed E-state index contributed by atoms with van der Waals surface area (Å²) in [5.41, 5.74) is 5.26. The van der Waals surface area contributed by atoms with Crippen molar-refractivity contribution in [3.63, 3.8) is 0 Å². The minimum Gasteiger partial charge on any atom is -0.469 e. The lowest BCUT2D eigenvalue weighted by atomic mass is 9.97. The predicted octanol–water partition coefficient (Wildman–Crippen LogP) is 0.880. The average molecular weight is 200 g/mol. The summed E-state index contributed by atoms with van der Waals surface area (Å²) in [5, 5.41) is 0. The summed E-state index contributed by atoms with van der Waals surface area (Å²) in [6.45, 7) is 1.79. The molecule has 1 atom stereocenters. The van der Waals surface area contributed by atoms with E-state index >= 15 is 0 Å². The highest BCUT2D eigenvalue weighted by atomic mass is 32.1. The number of esters is 1. The van der Waals surface area contributed by atoms with Crippen molar-refractivity contribution in [2.45, 2.75) is 18.9 Å². The molecule has 0 fully saturated rings. The molecule has 0 spiro atoms. The molecular formula is C8H12N2O2S. The zero-order valence-electron chi connectivity index (χ0n) is 7.61. The molecule has 13 heavy (non-hydrogen) atoms. The second-order valence-electron chi connectivity index (χ2n) is 3.05. The molecule has 1 aromatic rings. The summed E-state index contributed by atoms with van der Waals surface area (Å²) in [5.74, 6) is -0.307. The number of ether oxygens (including phenoxy) is 1. The third-order valence-electron chi connectivity index (χ3n) is 1.74. The normalized spacial score (nSPS) is 15.0. The largest absolute Gasteiger partial charge is 0.469 e. The van der Waals surface area contributed by atoms with Gasteiger partial charge in [-0.25, -0.2) is 4.37 Å². The molecule has 0 radical (unpaired) electrons. The topological polar surface area (TPSA) is 65.2 Å². The van der Waals surface area contributed by atoms with E-state index in [4.69, 9.17) is 5.73 Å². The summed E-state index contributed by atoms with van der Waals surface area (Å²) >= 11 is 1.30. The van der Waals surface area contributed by atoms with Crippen LogP contribution in [0, 0.1) is 0 Å². The third kappa shape index (κ3) is 2.50. The second-order valence-corrected chi connectivity index (χ2v) is 3.88. The minimum atomic E-state index is -0.672. The molecule has 0 aliphatic heterocycles. The Kier molecular flexibility index (Phi) is 3.00. The fourth-order valence-electron chi connectivity index (χ4n) is 0.970. The van der Waals surface area contributed by atoms with E-state index in [1.165, 1.54) is 18.6 Å². The minimum absolute atomic E-state index is 0.172. The van der Waals surface area contributed by atoms with Crippen LogP contribution in [0.2, 0.25) is 0 Å². The number of carbonyl (C=O) groups excluding carboxylic acids is 1. The van der Waals surface area contributed by atoms with Crippen molar-refractivity contribution in [3.8, 4) is 0 Å². The molecule has 1 unspecified atom stereocenters. The van der Waals surface area contributed by atoms with Crippen LogP contribution in [-0.4, -0.2) is 17.5 Å². The number of nitrogens with zero attached hydrogens (tertiary/aromatic N) is 1. The van der Waals surface area contributed by atoms with Gasteiger partial charge in [-0.05, 0) is 24.5 Å². The average Bonchev–Trinajstić information content (AvgIpc) is 2.55. The first-order chi connectivity index (χ1) is 6.06. The fraction of sp³-hybridized carbons (Fsp3) is 0.500. The zero-order valence-corrected chi connectivity index (χ0v) is 8.43. The van der Waals surface area contributed by atoms with Gasteiger partial charge in [0.25, 0.3) is 0 Å². The highest BCUT2D eigenvalue weighted by Gasteiger charge is 2.26. The summed E-state index contributed by atoms with van der Waals surface area (Å²) in [7, 11) is 1.35. The first-order valence-electron chi connectivity index (χ1n) is 3.83. The Hall–Kier alpha value is -0.940. The molecule has 0 aliphatic rings. The Bertz CT molecular complexity index is 282. The lowest BCUT2D eigenvalue weighted by molar-refractivity contribution is -0.141. The number of aromatic nitrogens is 1. The van der Waals surface area contributed by atoms with Gasteiger partial charge < -0.3 is 10.5 Å². The lowest BCUT2D eigenvalue weighted by Gasteiger charge is -2.20. The van der Waals surface area contributed by atoms with Crippen LogP contribution in [0.5, 0.6) is 0 Å².